The number of aromatic amines is 1. The van der Waals surface area contributed by atoms with E-state index in [9.17, 15) is 22.0 Å². The lowest BCUT2D eigenvalue weighted by Crippen LogP contribution is -2.28. The first-order valence-electron chi connectivity index (χ1n) is 10.3. The third kappa shape index (κ3) is 4.49. The van der Waals surface area contributed by atoms with Crippen LogP contribution in [0.2, 0.25) is 0 Å². The highest BCUT2D eigenvalue weighted by molar-refractivity contribution is 7.90. The number of fused-ring (bicyclic) bond motifs is 1. The van der Waals surface area contributed by atoms with Crippen LogP contribution in [0.25, 0.3) is 11.3 Å². The zero-order valence-electron chi connectivity index (χ0n) is 18.3. The fourth-order valence-electron chi connectivity index (χ4n) is 3.88. The predicted molar refractivity (Wildman–Crippen MR) is 121 cm³/mol. The minimum Gasteiger partial charge on any atom is -0.454 e. The summed E-state index contributed by atoms with van der Waals surface area (Å²) in [5, 5.41) is 0. The fourth-order valence-corrected chi connectivity index (χ4v) is 4.49. The molecule has 0 spiro atoms. The molecule has 0 saturated carbocycles. The van der Waals surface area contributed by atoms with Crippen molar-refractivity contribution in [3.05, 3.63) is 64.9 Å². The zero-order chi connectivity index (χ0) is 23.9. The third-order valence-electron chi connectivity index (χ3n) is 5.49. The number of ketones is 1. The van der Waals surface area contributed by atoms with E-state index < -0.39 is 21.8 Å². The molecule has 3 aromatic rings. The smallest absolute Gasteiger partial charge is 0.301 e. The van der Waals surface area contributed by atoms with Gasteiger partial charge in [-0.25, -0.2) is 8.78 Å². The van der Waals surface area contributed by atoms with Gasteiger partial charge in [-0.2, -0.15) is 12.7 Å². The highest BCUT2D eigenvalue weighted by Gasteiger charge is 2.27. The second kappa shape index (κ2) is 8.60. The Bertz CT molecular complexity index is 1350. The lowest BCUT2D eigenvalue weighted by molar-refractivity contribution is 0.0972. The summed E-state index contributed by atoms with van der Waals surface area (Å²) in [6, 6.07) is 7.51. The molecule has 0 radical (unpaired) electrons. The molecular formula is C23H23F2N3O4S. The molecule has 33 heavy (non-hydrogen) atoms. The van der Waals surface area contributed by atoms with E-state index in [4.69, 9.17) is 4.74 Å². The summed E-state index contributed by atoms with van der Waals surface area (Å²) in [5.74, 6) is -1.55. The molecule has 1 aliphatic carbocycles. The second-order valence-corrected chi connectivity index (χ2v) is 9.92. The second-order valence-electron chi connectivity index (χ2n) is 8.03. The number of carbonyl (C=O) groups excluding carboxylic acids is 1. The first kappa shape index (κ1) is 22.9. The van der Waals surface area contributed by atoms with Gasteiger partial charge in [0.2, 0.25) is 0 Å². The van der Waals surface area contributed by atoms with E-state index in [-0.39, 0.29) is 23.0 Å². The maximum atomic E-state index is 14.3. The molecule has 0 unspecified atom stereocenters. The van der Waals surface area contributed by atoms with Gasteiger partial charge in [-0.3, -0.25) is 9.52 Å². The van der Waals surface area contributed by atoms with Gasteiger partial charge in [0.25, 0.3) is 0 Å². The molecular weight excluding hydrogens is 452 g/mol. The van der Waals surface area contributed by atoms with E-state index >= 15 is 0 Å². The van der Waals surface area contributed by atoms with Gasteiger partial charge in [-0.15, -0.1) is 0 Å². The number of rotatable bonds is 6. The van der Waals surface area contributed by atoms with Gasteiger partial charge < -0.3 is 9.72 Å². The van der Waals surface area contributed by atoms with E-state index in [2.05, 4.69) is 9.71 Å². The number of aryl methyl sites for hydroxylation is 1. The minimum absolute atomic E-state index is 0.0350. The monoisotopic (exact) mass is 475 g/mol. The van der Waals surface area contributed by atoms with Gasteiger partial charge in [-0.1, -0.05) is 0 Å². The molecule has 174 valence electrons. The van der Waals surface area contributed by atoms with Gasteiger partial charge in [0.05, 0.1) is 11.4 Å². The Hall–Kier alpha value is -3.24. The standard InChI is InChI=1S/C23H23F2N3O4S/c1-13-22-16(5-4-6-19(22)29)23(26-13)17-12-15(27-33(30,31)28(2)3)8-10-20(17)32-21-9-7-14(24)11-18(21)25/h7-12,26-27H,4-6H2,1-3H3. The molecule has 2 N–H and O–H groups in total. The van der Waals surface area contributed by atoms with E-state index in [1.165, 1.54) is 32.3 Å². The molecule has 1 aliphatic rings. The van der Waals surface area contributed by atoms with Crippen LogP contribution < -0.4 is 9.46 Å². The molecule has 2 aromatic carbocycles. The van der Waals surface area contributed by atoms with Crippen LogP contribution in [0.15, 0.2) is 36.4 Å². The number of ether oxygens (including phenoxy) is 1. The van der Waals surface area contributed by atoms with Crippen LogP contribution in [-0.4, -0.2) is 37.6 Å². The molecule has 0 aliphatic heterocycles. The molecule has 1 aromatic heterocycles. The summed E-state index contributed by atoms with van der Waals surface area (Å²) in [4.78, 5) is 15.7. The van der Waals surface area contributed by atoms with Crippen LogP contribution >= 0.6 is 0 Å². The number of hydrogen-bond acceptors (Lipinski definition) is 4. The third-order valence-corrected chi connectivity index (χ3v) is 6.95. The van der Waals surface area contributed by atoms with Crippen molar-refractivity contribution in [2.45, 2.75) is 26.2 Å². The highest BCUT2D eigenvalue weighted by Crippen LogP contribution is 2.41. The van der Waals surface area contributed by atoms with Crippen molar-refractivity contribution >= 4 is 21.7 Å². The Morgan fingerprint density at radius 1 is 1.06 bits per heavy atom. The number of halogens is 2. The maximum Gasteiger partial charge on any atom is 0.301 e. The van der Waals surface area contributed by atoms with E-state index in [0.29, 0.717) is 47.8 Å². The Morgan fingerprint density at radius 3 is 2.48 bits per heavy atom. The number of H-pyrrole nitrogens is 1. The lowest BCUT2D eigenvalue weighted by atomic mass is 9.89. The molecule has 0 atom stereocenters. The molecule has 10 heteroatoms. The van der Waals surface area contributed by atoms with Crippen molar-refractivity contribution in [1.29, 1.82) is 0 Å². The topological polar surface area (TPSA) is 91.5 Å². The van der Waals surface area contributed by atoms with Crippen molar-refractivity contribution < 1.29 is 26.7 Å². The highest BCUT2D eigenvalue weighted by atomic mass is 32.2. The van der Waals surface area contributed by atoms with Crippen LogP contribution in [-0.2, 0) is 16.6 Å². The number of aromatic nitrogens is 1. The lowest BCUT2D eigenvalue weighted by Gasteiger charge is -2.18. The van der Waals surface area contributed by atoms with Crippen molar-refractivity contribution in [3.8, 4) is 22.8 Å². The minimum atomic E-state index is -3.78. The average Bonchev–Trinajstić information content (AvgIpc) is 3.08. The van der Waals surface area contributed by atoms with E-state index in [0.717, 1.165) is 15.9 Å². The Balaban J connectivity index is 1.86. The van der Waals surface area contributed by atoms with Crippen LogP contribution in [0.1, 0.15) is 34.5 Å². The summed E-state index contributed by atoms with van der Waals surface area (Å²) < 4.78 is 61.5. The summed E-state index contributed by atoms with van der Waals surface area (Å²) in [6.07, 6.45) is 1.79. The fraction of sp³-hybridized carbons (Fsp3) is 0.261. The first-order valence-corrected chi connectivity index (χ1v) is 11.7. The number of Topliss-reactive ketones (excluding diaryl/α,β-unsaturated/α-hetero) is 1. The Labute approximate surface area is 190 Å². The van der Waals surface area contributed by atoms with Crippen LogP contribution in [0.4, 0.5) is 14.5 Å². The van der Waals surface area contributed by atoms with Crippen molar-refractivity contribution in [2.24, 2.45) is 0 Å². The summed E-state index contributed by atoms with van der Waals surface area (Å²) >= 11 is 0. The normalized spacial score (nSPS) is 13.8. The summed E-state index contributed by atoms with van der Waals surface area (Å²) in [5.41, 5.74) is 3.42. The number of anilines is 1. The molecule has 0 amide bonds. The quantitative estimate of drug-likeness (QED) is 0.536. The summed E-state index contributed by atoms with van der Waals surface area (Å²) in [6.45, 7) is 1.80. The SMILES string of the molecule is Cc1[nH]c(-c2cc(NS(=O)(=O)N(C)C)ccc2Oc2ccc(F)cc2F)c2c1C(=O)CCC2. The number of benzene rings is 2. The van der Waals surface area contributed by atoms with Crippen molar-refractivity contribution in [1.82, 2.24) is 9.29 Å². The van der Waals surface area contributed by atoms with Gasteiger partial charge in [0.15, 0.2) is 17.3 Å². The molecule has 1 heterocycles. The number of carbonyl (C=O) groups is 1. The average molecular weight is 476 g/mol. The van der Waals surface area contributed by atoms with Gasteiger partial charge >= 0.3 is 10.2 Å². The van der Waals surface area contributed by atoms with Crippen LogP contribution in [0.5, 0.6) is 11.5 Å². The number of hydrogen-bond donors (Lipinski definition) is 2. The van der Waals surface area contributed by atoms with E-state index in [1.54, 1.807) is 13.0 Å². The van der Waals surface area contributed by atoms with Gasteiger partial charge in [0, 0.05) is 43.4 Å². The Morgan fingerprint density at radius 2 is 1.79 bits per heavy atom. The number of nitrogens with zero attached hydrogens (tertiary/aromatic N) is 1. The maximum absolute atomic E-state index is 14.3. The molecule has 0 saturated heterocycles. The molecule has 0 fully saturated rings. The van der Waals surface area contributed by atoms with Crippen molar-refractivity contribution in [2.75, 3.05) is 18.8 Å². The Kier molecular flexibility index (Phi) is 5.98. The van der Waals surface area contributed by atoms with Gasteiger partial charge in [-0.05, 0) is 55.7 Å². The van der Waals surface area contributed by atoms with E-state index in [1.807, 2.05) is 0 Å². The zero-order valence-corrected chi connectivity index (χ0v) is 19.1. The van der Waals surface area contributed by atoms with Crippen LogP contribution in [0, 0.1) is 18.6 Å². The molecule has 0 bridgehead atoms. The van der Waals surface area contributed by atoms with Crippen molar-refractivity contribution in [3.63, 3.8) is 0 Å². The number of nitrogens with one attached hydrogen (secondary N) is 2. The molecule has 4 rings (SSSR count). The predicted octanol–water partition coefficient (Wildman–Crippen LogP) is 4.80. The largest absolute Gasteiger partial charge is 0.454 e. The van der Waals surface area contributed by atoms with Gasteiger partial charge in [0.1, 0.15) is 11.6 Å². The van der Waals surface area contributed by atoms with Crippen LogP contribution in [0.3, 0.4) is 0 Å². The molecule has 7 nitrogen and oxygen atoms in total. The summed E-state index contributed by atoms with van der Waals surface area (Å²) in [7, 11) is -0.983. The first-order chi connectivity index (χ1) is 15.6.